The van der Waals surface area contributed by atoms with Crippen LogP contribution in [-0.4, -0.2) is 42.0 Å². The fourth-order valence-corrected chi connectivity index (χ4v) is 2.99. The van der Waals surface area contributed by atoms with E-state index < -0.39 is 0 Å². The van der Waals surface area contributed by atoms with Crippen LogP contribution in [0.4, 0.5) is 0 Å². The van der Waals surface area contributed by atoms with Crippen molar-refractivity contribution < 1.29 is 9.53 Å². The Balaban J connectivity index is 2.61. The molecule has 1 rings (SSSR count). The normalized spacial score (nSPS) is 29.6. The smallest absolute Gasteiger partial charge is 0.131 e. The average molecular weight is 255 g/mol. The van der Waals surface area contributed by atoms with Crippen molar-refractivity contribution in [1.82, 2.24) is 4.90 Å². The second-order valence-corrected chi connectivity index (χ2v) is 6.93. The van der Waals surface area contributed by atoms with E-state index in [4.69, 9.17) is 4.74 Å². The van der Waals surface area contributed by atoms with Crippen LogP contribution in [0.1, 0.15) is 59.8 Å². The van der Waals surface area contributed by atoms with E-state index in [0.717, 1.165) is 25.7 Å². The third kappa shape index (κ3) is 4.36. The first-order valence-corrected chi connectivity index (χ1v) is 6.99. The molecule has 1 aliphatic rings. The Morgan fingerprint density at radius 2 is 1.78 bits per heavy atom. The summed E-state index contributed by atoms with van der Waals surface area (Å²) in [4.78, 5) is 13.7. The molecule has 3 nitrogen and oxygen atoms in total. The van der Waals surface area contributed by atoms with Crippen LogP contribution in [0.15, 0.2) is 0 Å². The van der Waals surface area contributed by atoms with Crippen LogP contribution in [0.3, 0.4) is 0 Å². The summed E-state index contributed by atoms with van der Waals surface area (Å²) in [7, 11) is 4.18. The lowest BCUT2D eigenvalue weighted by molar-refractivity contribution is -0.123. The molecule has 0 saturated heterocycles. The van der Waals surface area contributed by atoms with Crippen LogP contribution in [0, 0.1) is 0 Å². The van der Waals surface area contributed by atoms with E-state index in [-0.39, 0.29) is 11.1 Å². The van der Waals surface area contributed by atoms with Gasteiger partial charge in [0.15, 0.2) is 0 Å². The van der Waals surface area contributed by atoms with Crippen LogP contribution in [0.5, 0.6) is 0 Å². The van der Waals surface area contributed by atoms with E-state index in [9.17, 15) is 4.79 Å². The molecule has 0 aliphatic heterocycles. The Hall–Kier alpha value is -0.410. The molecule has 1 fully saturated rings. The maximum atomic E-state index is 11.5. The molecule has 0 unspecified atom stereocenters. The number of Topliss-reactive ketones (excluding diaryl/α,β-unsaturated/α-hetero) is 1. The molecule has 0 radical (unpaired) electrons. The van der Waals surface area contributed by atoms with E-state index in [2.05, 4.69) is 39.8 Å². The molecule has 0 spiro atoms. The highest BCUT2D eigenvalue weighted by atomic mass is 16.5. The highest BCUT2D eigenvalue weighted by molar-refractivity contribution is 5.76. The van der Waals surface area contributed by atoms with Crippen molar-refractivity contribution in [3.8, 4) is 0 Å². The fraction of sp³-hybridized carbons (Fsp3) is 0.933. The Morgan fingerprint density at radius 3 is 2.11 bits per heavy atom. The van der Waals surface area contributed by atoms with Crippen molar-refractivity contribution in [2.24, 2.45) is 0 Å². The lowest BCUT2D eigenvalue weighted by atomic mass is 9.76. The molecular weight excluding hydrogens is 226 g/mol. The second kappa shape index (κ2) is 5.70. The summed E-state index contributed by atoms with van der Waals surface area (Å²) in [5.74, 6) is 0.291. The largest absolute Gasteiger partial charge is 0.373 e. The second-order valence-electron chi connectivity index (χ2n) is 6.93. The van der Waals surface area contributed by atoms with Crippen molar-refractivity contribution in [3.63, 3.8) is 0 Å². The van der Waals surface area contributed by atoms with Crippen molar-refractivity contribution in [3.05, 3.63) is 0 Å². The SMILES string of the molecule is CC(=O)CC1(N(C)C)CCC(OC(C)(C)C)CC1. The molecule has 0 bridgehead atoms. The minimum Gasteiger partial charge on any atom is -0.373 e. The van der Waals surface area contributed by atoms with Gasteiger partial charge in [-0.15, -0.1) is 0 Å². The van der Waals surface area contributed by atoms with Crippen LogP contribution in [-0.2, 0) is 9.53 Å². The zero-order valence-electron chi connectivity index (χ0n) is 12.9. The summed E-state index contributed by atoms with van der Waals surface area (Å²) in [6.07, 6.45) is 5.25. The average Bonchev–Trinajstić information content (AvgIpc) is 2.18. The first-order valence-electron chi connectivity index (χ1n) is 6.99. The number of hydrogen-bond acceptors (Lipinski definition) is 3. The molecule has 1 saturated carbocycles. The Labute approximate surface area is 112 Å². The summed E-state index contributed by atoms with van der Waals surface area (Å²) in [6, 6.07) is 0. The molecule has 0 N–H and O–H groups in total. The lowest BCUT2D eigenvalue weighted by Gasteiger charge is -2.45. The molecule has 18 heavy (non-hydrogen) atoms. The zero-order chi connectivity index (χ0) is 14.0. The minimum atomic E-state index is -0.0661. The summed E-state index contributed by atoms with van der Waals surface area (Å²) in [5.41, 5.74) is -0.00701. The van der Waals surface area contributed by atoms with Gasteiger partial charge >= 0.3 is 0 Å². The van der Waals surface area contributed by atoms with Gasteiger partial charge in [0.1, 0.15) is 5.78 Å². The Morgan fingerprint density at radius 1 is 1.28 bits per heavy atom. The molecule has 0 atom stereocenters. The molecule has 106 valence electrons. The van der Waals surface area contributed by atoms with E-state index in [0.29, 0.717) is 18.3 Å². The number of ether oxygens (including phenoxy) is 1. The van der Waals surface area contributed by atoms with Gasteiger partial charge in [-0.2, -0.15) is 0 Å². The van der Waals surface area contributed by atoms with E-state index in [1.807, 2.05) is 0 Å². The number of carbonyl (C=O) groups excluding carboxylic acids is 1. The maximum absolute atomic E-state index is 11.5. The van der Waals surface area contributed by atoms with Crippen LogP contribution in [0.2, 0.25) is 0 Å². The first kappa shape index (κ1) is 15.6. The predicted octanol–water partition coefficient (Wildman–Crippen LogP) is 3.02. The molecule has 0 aromatic rings. The summed E-state index contributed by atoms with van der Waals surface area (Å²) < 4.78 is 6.05. The predicted molar refractivity (Wildman–Crippen MR) is 74.8 cm³/mol. The molecule has 1 aliphatic carbocycles. The van der Waals surface area contributed by atoms with Gasteiger partial charge in [-0.05, 0) is 67.5 Å². The van der Waals surface area contributed by atoms with Gasteiger partial charge in [0.05, 0.1) is 11.7 Å². The Bertz CT molecular complexity index is 283. The number of rotatable bonds is 4. The highest BCUT2D eigenvalue weighted by Gasteiger charge is 2.39. The molecular formula is C15H29NO2. The number of hydrogen-bond donors (Lipinski definition) is 0. The summed E-state index contributed by atoms with van der Waals surface area (Å²) >= 11 is 0. The minimum absolute atomic E-state index is 0.0591. The van der Waals surface area contributed by atoms with Gasteiger partial charge < -0.3 is 9.64 Å². The van der Waals surface area contributed by atoms with Gasteiger partial charge in [0.25, 0.3) is 0 Å². The van der Waals surface area contributed by atoms with Crippen LogP contribution in [0.25, 0.3) is 0 Å². The quantitative estimate of drug-likeness (QED) is 0.773. The first-order chi connectivity index (χ1) is 8.15. The van der Waals surface area contributed by atoms with Crippen molar-refractivity contribution in [2.45, 2.75) is 77.0 Å². The maximum Gasteiger partial charge on any atom is 0.131 e. The number of ketones is 1. The highest BCUT2D eigenvalue weighted by Crippen LogP contribution is 2.37. The van der Waals surface area contributed by atoms with E-state index in [1.54, 1.807) is 6.92 Å². The van der Waals surface area contributed by atoms with Gasteiger partial charge in [-0.1, -0.05) is 0 Å². The number of carbonyl (C=O) groups is 1. The third-order valence-electron chi connectivity index (χ3n) is 3.91. The number of nitrogens with zero attached hydrogens (tertiary/aromatic N) is 1. The van der Waals surface area contributed by atoms with E-state index in [1.165, 1.54) is 0 Å². The van der Waals surface area contributed by atoms with Gasteiger partial charge in [-0.3, -0.25) is 4.79 Å². The summed E-state index contributed by atoms with van der Waals surface area (Å²) in [6.45, 7) is 8.02. The van der Waals surface area contributed by atoms with Gasteiger partial charge in [-0.25, -0.2) is 0 Å². The molecule has 3 heteroatoms. The molecule has 0 heterocycles. The van der Waals surface area contributed by atoms with Gasteiger partial charge in [0.2, 0.25) is 0 Å². The van der Waals surface area contributed by atoms with Crippen molar-refractivity contribution in [1.29, 1.82) is 0 Å². The molecule has 0 amide bonds. The standard InChI is InChI=1S/C15H29NO2/c1-12(17)11-15(16(5)6)9-7-13(8-10-15)18-14(2,3)4/h13H,7-11H2,1-6H3. The van der Waals surface area contributed by atoms with Crippen molar-refractivity contribution >= 4 is 5.78 Å². The van der Waals surface area contributed by atoms with Crippen LogP contribution < -0.4 is 0 Å². The monoisotopic (exact) mass is 255 g/mol. The Kier molecular flexibility index (Phi) is 4.96. The molecule has 0 aromatic heterocycles. The third-order valence-corrected chi connectivity index (χ3v) is 3.91. The molecule has 0 aromatic carbocycles. The zero-order valence-corrected chi connectivity index (χ0v) is 12.9. The topological polar surface area (TPSA) is 29.5 Å². The van der Waals surface area contributed by atoms with Gasteiger partial charge in [0, 0.05) is 12.0 Å². The van der Waals surface area contributed by atoms with Crippen molar-refractivity contribution in [2.75, 3.05) is 14.1 Å². The fourth-order valence-electron chi connectivity index (χ4n) is 2.99. The summed E-state index contributed by atoms with van der Waals surface area (Å²) in [5, 5.41) is 0. The van der Waals surface area contributed by atoms with Crippen LogP contribution >= 0.6 is 0 Å². The lowest BCUT2D eigenvalue weighted by Crippen LogP contribution is -2.49. The van der Waals surface area contributed by atoms with E-state index >= 15 is 0 Å².